The molecule has 164 valence electrons. The van der Waals surface area contributed by atoms with Crippen LogP contribution in [0.2, 0.25) is 10.0 Å². The zero-order chi connectivity index (χ0) is 22.2. The number of morpholine rings is 1. The second-order valence-corrected chi connectivity index (χ2v) is 9.13. The molecule has 0 bridgehead atoms. The molecular weight excluding hydrogens is 473 g/mol. The Labute approximate surface area is 196 Å². The van der Waals surface area contributed by atoms with Gasteiger partial charge in [-0.05, 0) is 29.8 Å². The molecule has 5 rings (SSSR count). The topological polar surface area (TPSA) is 92.8 Å². The van der Waals surface area contributed by atoms with Crippen LogP contribution in [0.3, 0.4) is 0 Å². The fourth-order valence-electron chi connectivity index (χ4n) is 3.52. The lowest BCUT2D eigenvalue weighted by Crippen LogP contribution is -2.36. The van der Waals surface area contributed by atoms with Gasteiger partial charge in [0.15, 0.2) is 10.7 Å². The van der Waals surface area contributed by atoms with Gasteiger partial charge in [0.1, 0.15) is 10.7 Å². The highest BCUT2D eigenvalue weighted by Crippen LogP contribution is 2.30. The quantitative estimate of drug-likeness (QED) is 0.467. The molecule has 1 fully saturated rings. The van der Waals surface area contributed by atoms with Gasteiger partial charge in [-0.3, -0.25) is 9.20 Å². The molecule has 32 heavy (non-hydrogen) atoms. The molecule has 4 heterocycles. The molecule has 0 amide bonds. The normalized spacial score (nSPS) is 14.2. The van der Waals surface area contributed by atoms with Crippen LogP contribution in [0.15, 0.2) is 41.3 Å². The van der Waals surface area contributed by atoms with Crippen molar-refractivity contribution in [2.24, 2.45) is 0 Å². The Balaban J connectivity index is 1.47. The summed E-state index contributed by atoms with van der Waals surface area (Å²) in [4.78, 5) is 19.5. The maximum Gasteiger partial charge on any atom is 0.300 e. The van der Waals surface area contributed by atoms with E-state index in [0.717, 1.165) is 24.3 Å². The number of nitrogens with zero attached hydrogens (tertiary/aromatic N) is 5. The predicted octanol–water partition coefficient (Wildman–Crippen LogP) is 3.65. The Bertz CT molecular complexity index is 1370. The van der Waals surface area contributed by atoms with E-state index < -0.39 is 11.3 Å². The van der Waals surface area contributed by atoms with Crippen molar-refractivity contribution in [2.45, 2.75) is 6.42 Å². The van der Waals surface area contributed by atoms with E-state index in [0.29, 0.717) is 45.3 Å². The van der Waals surface area contributed by atoms with Crippen LogP contribution in [-0.4, -0.2) is 51.0 Å². The lowest BCUT2D eigenvalue weighted by Gasteiger charge is -2.28. The van der Waals surface area contributed by atoms with E-state index >= 15 is 0 Å². The van der Waals surface area contributed by atoms with Crippen molar-refractivity contribution < 1.29 is 9.84 Å². The van der Waals surface area contributed by atoms with E-state index in [-0.39, 0.29) is 5.69 Å². The Morgan fingerprint density at radius 1 is 1.09 bits per heavy atom. The first kappa shape index (κ1) is 21.1. The van der Waals surface area contributed by atoms with E-state index in [2.05, 4.69) is 20.1 Å². The Morgan fingerprint density at radius 2 is 1.91 bits per heavy atom. The van der Waals surface area contributed by atoms with Gasteiger partial charge in [-0.15, -0.1) is 10.2 Å². The molecular formula is C21H17Cl2N5O3S. The van der Waals surface area contributed by atoms with Crippen LogP contribution < -0.4 is 10.5 Å². The molecule has 1 N–H and O–H groups in total. The number of ether oxygens (including phenoxy) is 1. The highest BCUT2D eigenvalue weighted by Gasteiger charge is 2.19. The first-order chi connectivity index (χ1) is 15.5. The SMILES string of the molecule is O=c1c(O)c(-c2nnc(Cc3ccc(Cl)c(Cl)c3)s2)nc2ccc(N3CCOCC3)cn12. The van der Waals surface area contributed by atoms with Gasteiger partial charge >= 0.3 is 5.56 Å². The van der Waals surface area contributed by atoms with Crippen molar-refractivity contribution in [1.82, 2.24) is 19.6 Å². The van der Waals surface area contributed by atoms with Crippen molar-refractivity contribution in [2.75, 3.05) is 31.2 Å². The smallest absolute Gasteiger partial charge is 0.300 e. The summed E-state index contributed by atoms with van der Waals surface area (Å²) in [6, 6.07) is 9.02. The molecule has 1 saturated heterocycles. The average Bonchev–Trinajstić information content (AvgIpc) is 3.27. The minimum atomic E-state index is -0.554. The number of rotatable bonds is 4. The van der Waals surface area contributed by atoms with Crippen LogP contribution in [0.5, 0.6) is 5.75 Å². The van der Waals surface area contributed by atoms with E-state index in [1.54, 1.807) is 24.4 Å². The molecule has 4 aromatic rings. The summed E-state index contributed by atoms with van der Waals surface area (Å²) in [5.41, 5.74) is 1.78. The third kappa shape index (κ3) is 4.04. The Morgan fingerprint density at radius 3 is 2.69 bits per heavy atom. The van der Waals surface area contributed by atoms with Crippen LogP contribution in [0, 0.1) is 0 Å². The third-order valence-corrected chi connectivity index (χ3v) is 6.84. The number of anilines is 1. The molecule has 11 heteroatoms. The van der Waals surface area contributed by atoms with Crippen LogP contribution >= 0.6 is 34.5 Å². The summed E-state index contributed by atoms with van der Waals surface area (Å²) in [5.74, 6) is -0.459. The fourth-order valence-corrected chi connectivity index (χ4v) is 4.71. The fraction of sp³-hybridized carbons (Fsp3) is 0.238. The summed E-state index contributed by atoms with van der Waals surface area (Å²) in [6.45, 7) is 2.75. The number of halogens is 2. The summed E-state index contributed by atoms with van der Waals surface area (Å²) in [7, 11) is 0. The second kappa shape index (κ2) is 8.67. The van der Waals surface area contributed by atoms with Crippen molar-refractivity contribution in [3.05, 3.63) is 67.5 Å². The minimum absolute atomic E-state index is 0.118. The molecule has 0 atom stereocenters. The maximum atomic E-state index is 12.9. The van der Waals surface area contributed by atoms with Gasteiger partial charge in [0, 0.05) is 25.7 Å². The van der Waals surface area contributed by atoms with Crippen molar-refractivity contribution in [3.63, 3.8) is 0 Å². The monoisotopic (exact) mass is 489 g/mol. The summed E-state index contributed by atoms with van der Waals surface area (Å²) in [6.07, 6.45) is 2.18. The zero-order valence-corrected chi connectivity index (χ0v) is 19.0. The van der Waals surface area contributed by atoms with E-state index in [1.165, 1.54) is 15.7 Å². The number of pyridine rings is 1. The van der Waals surface area contributed by atoms with Crippen LogP contribution in [0.1, 0.15) is 10.6 Å². The summed E-state index contributed by atoms with van der Waals surface area (Å²) >= 11 is 13.3. The molecule has 3 aromatic heterocycles. The highest BCUT2D eigenvalue weighted by atomic mass is 35.5. The van der Waals surface area contributed by atoms with E-state index in [4.69, 9.17) is 27.9 Å². The third-order valence-electron chi connectivity index (χ3n) is 5.17. The summed E-state index contributed by atoms with van der Waals surface area (Å²) < 4.78 is 6.73. The molecule has 0 aliphatic carbocycles. The van der Waals surface area contributed by atoms with Crippen LogP contribution in [0.25, 0.3) is 16.3 Å². The number of hydrogen-bond donors (Lipinski definition) is 1. The van der Waals surface area contributed by atoms with Crippen LogP contribution in [0.4, 0.5) is 5.69 Å². The number of aromatic hydroxyl groups is 1. The molecule has 0 unspecified atom stereocenters. The maximum absolute atomic E-state index is 12.9. The minimum Gasteiger partial charge on any atom is -0.501 e. The van der Waals surface area contributed by atoms with E-state index in [1.807, 2.05) is 12.1 Å². The lowest BCUT2D eigenvalue weighted by atomic mass is 10.2. The molecule has 0 radical (unpaired) electrons. The van der Waals surface area contributed by atoms with Gasteiger partial charge in [-0.2, -0.15) is 0 Å². The molecule has 1 aromatic carbocycles. The molecule has 0 spiro atoms. The molecule has 1 aliphatic heterocycles. The Kier molecular flexibility index (Phi) is 5.73. The van der Waals surface area contributed by atoms with Gasteiger partial charge in [-0.25, -0.2) is 4.98 Å². The van der Waals surface area contributed by atoms with Gasteiger partial charge in [-0.1, -0.05) is 40.6 Å². The second-order valence-electron chi connectivity index (χ2n) is 7.26. The zero-order valence-electron chi connectivity index (χ0n) is 16.7. The molecule has 8 nitrogen and oxygen atoms in total. The highest BCUT2D eigenvalue weighted by molar-refractivity contribution is 7.14. The number of aromatic nitrogens is 4. The van der Waals surface area contributed by atoms with Crippen molar-refractivity contribution in [3.8, 4) is 16.5 Å². The lowest BCUT2D eigenvalue weighted by molar-refractivity contribution is 0.122. The average molecular weight is 490 g/mol. The Hall–Kier alpha value is -2.72. The van der Waals surface area contributed by atoms with Crippen LogP contribution in [-0.2, 0) is 11.2 Å². The molecule has 1 aliphatic rings. The largest absolute Gasteiger partial charge is 0.501 e. The van der Waals surface area contributed by atoms with E-state index in [9.17, 15) is 9.90 Å². The number of hydrogen-bond acceptors (Lipinski definition) is 8. The van der Waals surface area contributed by atoms with Gasteiger partial charge < -0.3 is 14.7 Å². The standard InChI is InChI=1S/C21H17Cl2N5O3S/c22-14-3-1-12(9-15(14)23)10-17-25-26-20(32-17)18-19(29)21(30)28-11-13(2-4-16(28)24-18)27-5-7-31-8-6-27/h1-4,9,11,29H,5-8,10H2. The van der Waals surface area contributed by atoms with Crippen molar-refractivity contribution in [1.29, 1.82) is 0 Å². The predicted molar refractivity (Wildman–Crippen MR) is 124 cm³/mol. The van der Waals surface area contributed by atoms with Gasteiger partial charge in [0.05, 0.1) is 28.9 Å². The van der Waals surface area contributed by atoms with Gasteiger partial charge in [0.25, 0.3) is 0 Å². The molecule has 0 saturated carbocycles. The van der Waals surface area contributed by atoms with Gasteiger partial charge in [0.2, 0.25) is 5.75 Å². The number of benzene rings is 1. The first-order valence-corrected chi connectivity index (χ1v) is 11.4. The summed E-state index contributed by atoms with van der Waals surface area (Å²) in [5, 5.41) is 20.9. The number of fused-ring (bicyclic) bond motifs is 1. The first-order valence-electron chi connectivity index (χ1n) is 9.84. The van der Waals surface area contributed by atoms with Crippen molar-refractivity contribution >= 4 is 45.9 Å².